The first-order valence-electron chi connectivity index (χ1n) is 8.29. The fourth-order valence-corrected chi connectivity index (χ4v) is 2.34. The highest BCUT2D eigenvalue weighted by atomic mass is 16.1. The Bertz CT molecular complexity index is 577. The molecule has 0 bridgehead atoms. The summed E-state index contributed by atoms with van der Waals surface area (Å²) in [4.78, 5) is 15.8. The summed E-state index contributed by atoms with van der Waals surface area (Å²) in [6.45, 7) is 8.46. The Kier molecular flexibility index (Phi) is 9.16. The minimum Gasteiger partial charge on any atom is -0.357 e. The van der Waals surface area contributed by atoms with Gasteiger partial charge in [-0.1, -0.05) is 35.9 Å². The lowest BCUT2D eigenvalue weighted by atomic mass is 10.0. The van der Waals surface area contributed by atoms with Gasteiger partial charge in [-0.25, -0.2) is 10.8 Å². The van der Waals surface area contributed by atoms with Gasteiger partial charge in [-0.15, -0.1) is 0 Å². The van der Waals surface area contributed by atoms with Crippen molar-refractivity contribution < 1.29 is 4.79 Å². The van der Waals surface area contributed by atoms with Crippen molar-refractivity contribution in [2.45, 2.75) is 33.6 Å². The van der Waals surface area contributed by atoms with Gasteiger partial charge in [-0.3, -0.25) is 10.2 Å². The molecular formula is C19H28N4O. The number of rotatable bonds is 7. The van der Waals surface area contributed by atoms with E-state index in [1.54, 1.807) is 5.43 Å². The fourth-order valence-electron chi connectivity index (χ4n) is 2.34. The maximum atomic E-state index is 8.94. The van der Waals surface area contributed by atoms with Crippen LogP contribution in [-0.4, -0.2) is 24.5 Å². The molecule has 3 N–H and O–H groups in total. The number of hydrogen-bond donors (Lipinski definition) is 2. The van der Waals surface area contributed by atoms with Gasteiger partial charge in [0.2, 0.25) is 6.41 Å². The van der Waals surface area contributed by atoms with Crippen LogP contribution in [0.2, 0.25) is 0 Å². The lowest BCUT2D eigenvalue weighted by Gasteiger charge is -2.19. The normalized spacial score (nSPS) is 9.67. The summed E-state index contributed by atoms with van der Waals surface area (Å²) < 4.78 is 0. The number of anilines is 1. The number of aryl methyl sites for hydroxylation is 3. The molecule has 0 unspecified atom stereocenters. The SMILES string of the molecule is CCN(CC)c1ccc(CCc2ccc(C)cc2)cn1.NNC=O. The van der Waals surface area contributed by atoms with Crippen molar-refractivity contribution in [3.63, 3.8) is 0 Å². The van der Waals surface area contributed by atoms with Crippen LogP contribution < -0.4 is 16.2 Å². The van der Waals surface area contributed by atoms with Gasteiger partial charge in [0, 0.05) is 19.3 Å². The topological polar surface area (TPSA) is 71.2 Å². The van der Waals surface area contributed by atoms with Crippen LogP contribution in [0, 0.1) is 6.92 Å². The first-order valence-corrected chi connectivity index (χ1v) is 8.29. The van der Waals surface area contributed by atoms with E-state index in [2.05, 4.69) is 72.9 Å². The zero-order chi connectivity index (χ0) is 17.8. The minimum absolute atomic E-state index is 0.403. The Morgan fingerprint density at radius 2 is 1.58 bits per heavy atom. The number of nitrogens with two attached hydrogens (primary N) is 1. The molecule has 24 heavy (non-hydrogen) atoms. The number of carbonyl (C=O) groups is 1. The third kappa shape index (κ3) is 6.79. The molecule has 5 nitrogen and oxygen atoms in total. The van der Waals surface area contributed by atoms with E-state index in [-0.39, 0.29) is 0 Å². The van der Waals surface area contributed by atoms with Crippen LogP contribution in [0.25, 0.3) is 0 Å². The standard InChI is InChI=1S/C18H24N2.CH4N2O/c1-4-20(5-2)18-13-12-17(14-19-18)11-10-16-8-6-15(3)7-9-16;2-3-1-4/h6-9,12-14H,4-5,10-11H2,1-3H3;1H,2H2,(H,3,4). The number of carbonyl (C=O) groups excluding carboxylic acids is 1. The molecule has 0 saturated heterocycles. The van der Waals surface area contributed by atoms with Crippen molar-refractivity contribution in [2.24, 2.45) is 5.84 Å². The summed E-state index contributed by atoms with van der Waals surface area (Å²) in [6.07, 6.45) is 4.54. The van der Waals surface area contributed by atoms with Crippen LogP contribution in [0.15, 0.2) is 42.6 Å². The first-order chi connectivity index (χ1) is 11.6. The molecule has 1 aromatic carbocycles. The molecule has 0 aliphatic rings. The summed E-state index contributed by atoms with van der Waals surface area (Å²) in [7, 11) is 0. The maximum absolute atomic E-state index is 8.94. The maximum Gasteiger partial charge on any atom is 0.221 e. The largest absolute Gasteiger partial charge is 0.357 e. The third-order valence-corrected chi connectivity index (χ3v) is 3.79. The number of benzene rings is 1. The highest BCUT2D eigenvalue weighted by Crippen LogP contribution is 2.13. The predicted octanol–water partition coefficient (Wildman–Crippen LogP) is 2.63. The van der Waals surface area contributed by atoms with E-state index in [4.69, 9.17) is 4.79 Å². The molecule has 0 radical (unpaired) electrons. The molecule has 5 heteroatoms. The molecule has 1 heterocycles. The fraction of sp³-hybridized carbons (Fsp3) is 0.368. The van der Waals surface area contributed by atoms with E-state index >= 15 is 0 Å². The third-order valence-electron chi connectivity index (χ3n) is 3.79. The summed E-state index contributed by atoms with van der Waals surface area (Å²) in [5.41, 5.74) is 5.77. The number of aromatic nitrogens is 1. The molecule has 1 amide bonds. The lowest BCUT2D eigenvalue weighted by Crippen LogP contribution is -2.22. The van der Waals surface area contributed by atoms with Crippen LogP contribution in [0.4, 0.5) is 5.82 Å². The molecule has 2 aromatic rings. The predicted molar refractivity (Wildman–Crippen MR) is 99.8 cm³/mol. The molecule has 0 spiro atoms. The second-order valence-corrected chi connectivity index (χ2v) is 5.47. The Balaban J connectivity index is 0.000000648. The van der Waals surface area contributed by atoms with Gasteiger partial charge < -0.3 is 4.90 Å². The van der Waals surface area contributed by atoms with Crippen molar-refractivity contribution >= 4 is 12.2 Å². The smallest absolute Gasteiger partial charge is 0.221 e. The summed E-state index contributed by atoms with van der Waals surface area (Å²) >= 11 is 0. The van der Waals surface area contributed by atoms with Gasteiger partial charge in [0.25, 0.3) is 0 Å². The number of nitrogens with zero attached hydrogens (tertiary/aromatic N) is 2. The Morgan fingerprint density at radius 1 is 1.04 bits per heavy atom. The quantitative estimate of drug-likeness (QED) is 0.355. The Labute approximate surface area is 144 Å². The van der Waals surface area contributed by atoms with Crippen molar-refractivity contribution in [3.05, 3.63) is 59.3 Å². The van der Waals surface area contributed by atoms with Crippen molar-refractivity contribution in [1.82, 2.24) is 10.4 Å². The van der Waals surface area contributed by atoms with E-state index < -0.39 is 0 Å². The van der Waals surface area contributed by atoms with Crippen LogP contribution >= 0.6 is 0 Å². The Morgan fingerprint density at radius 3 is 2.04 bits per heavy atom. The van der Waals surface area contributed by atoms with Crippen LogP contribution in [0.1, 0.15) is 30.5 Å². The number of hydrazine groups is 1. The van der Waals surface area contributed by atoms with E-state index in [0.717, 1.165) is 31.7 Å². The molecule has 0 aliphatic carbocycles. The van der Waals surface area contributed by atoms with Crippen LogP contribution in [0.5, 0.6) is 0 Å². The summed E-state index contributed by atoms with van der Waals surface area (Å²) in [6, 6.07) is 13.1. The van der Waals surface area contributed by atoms with E-state index in [1.165, 1.54) is 16.7 Å². The number of pyridine rings is 1. The van der Waals surface area contributed by atoms with E-state index in [0.29, 0.717) is 6.41 Å². The van der Waals surface area contributed by atoms with Crippen molar-refractivity contribution in [1.29, 1.82) is 0 Å². The molecule has 0 atom stereocenters. The van der Waals surface area contributed by atoms with Gasteiger partial charge in [-0.05, 0) is 50.8 Å². The molecule has 0 fully saturated rings. The molecular weight excluding hydrogens is 300 g/mol. The van der Waals surface area contributed by atoms with Crippen molar-refractivity contribution in [3.8, 4) is 0 Å². The average molecular weight is 328 g/mol. The minimum atomic E-state index is 0.403. The van der Waals surface area contributed by atoms with Gasteiger partial charge in [0.1, 0.15) is 5.82 Å². The zero-order valence-electron chi connectivity index (χ0n) is 14.8. The average Bonchev–Trinajstić information content (AvgIpc) is 2.63. The van der Waals surface area contributed by atoms with E-state index in [1.807, 2.05) is 6.20 Å². The highest BCUT2D eigenvalue weighted by molar-refractivity contribution is 5.44. The second-order valence-electron chi connectivity index (χ2n) is 5.47. The lowest BCUT2D eigenvalue weighted by molar-refractivity contribution is -0.109. The van der Waals surface area contributed by atoms with E-state index in [9.17, 15) is 0 Å². The summed E-state index contributed by atoms with van der Waals surface area (Å²) in [5, 5.41) is 0. The van der Waals surface area contributed by atoms with Gasteiger partial charge in [-0.2, -0.15) is 0 Å². The van der Waals surface area contributed by atoms with Crippen LogP contribution in [-0.2, 0) is 17.6 Å². The summed E-state index contributed by atoms with van der Waals surface area (Å²) in [5.74, 6) is 5.49. The first kappa shape index (κ1) is 19.6. The van der Waals surface area contributed by atoms with Gasteiger partial charge in [0.05, 0.1) is 0 Å². The number of hydrogen-bond acceptors (Lipinski definition) is 4. The molecule has 1 aromatic heterocycles. The number of amides is 1. The Hall–Kier alpha value is -2.40. The van der Waals surface area contributed by atoms with Gasteiger partial charge >= 0.3 is 0 Å². The monoisotopic (exact) mass is 328 g/mol. The second kappa shape index (κ2) is 11.2. The number of nitrogens with one attached hydrogen (secondary N) is 1. The molecule has 130 valence electrons. The van der Waals surface area contributed by atoms with Crippen LogP contribution in [0.3, 0.4) is 0 Å². The van der Waals surface area contributed by atoms with Gasteiger partial charge in [0.15, 0.2) is 0 Å². The molecule has 0 aliphatic heterocycles. The highest BCUT2D eigenvalue weighted by Gasteiger charge is 2.03. The van der Waals surface area contributed by atoms with Crippen molar-refractivity contribution in [2.75, 3.05) is 18.0 Å². The molecule has 0 saturated carbocycles. The zero-order valence-corrected chi connectivity index (χ0v) is 14.8. The molecule has 2 rings (SSSR count).